The maximum absolute atomic E-state index is 11.5. The van der Waals surface area contributed by atoms with E-state index in [0.29, 0.717) is 6.54 Å². The van der Waals surface area contributed by atoms with Crippen LogP contribution in [0.4, 0.5) is 0 Å². The third kappa shape index (κ3) is 5.25. The lowest BCUT2D eigenvalue weighted by molar-refractivity contribution is 0.265. The first-order valence-corrected chi connectivity index (χ1v) is 6.63. The highest BCUT2D eigenvalue weighted by Gasteiger charge is 2.11. The first-order valence-electron chi connectivity index (χ1n) is 5.05. The fourth-order valence-electron chi connectivity index (χ4n) is 1.17. The number of likely N-dealkylation sites (N-methyl/N-ethyl adjacent to an activating group) is 1. The summed E-state index contributed by atoms with van der Waals surface area (Å²) in [5, 5.41) is 0. The molecular formula is C11H17NO3S. The molecule has 0 aliphatic carbocycles. The summed E-state index contributed by atoms with van der Waals surface area (Å²) < 4.78 is 28.0. The number of nitrogens with zero attached hydrogens (tertiary/aromatic N) is 1. The van der Waals surface area contributed by atoms with Gasteiger partial charge in [0.15, 0.2) is 0 Å². The molecule has 5 heteroatoms. The van der Waals surface area contributed by atoms with Crippen LogP contribution in [-0.2, 0) is 20.1 Å². The Bertz CT molecular complexity index is 400. The molecule has 0 bridgehead atoms. The molecule has 90 valence electrons. The van der Waals surface area contributed by atoms with Gasteiger partial charge in [-0.1, -0.05) is 30.3 Å². The van der Waals surface area contributed by atoms with Crippen molar-refractivity contribution in [2.24, 2.45) is 0 Å². The summed E-state index contributed by atoms with van der Waals surface area (Å²) in [5.74, 6) is -0.0682. The lowest BCUT2D eigenvalue weighted by atomic mass is 10.2. The van der Waals surface area contributed by atoms with Gasteiger partial charge in [-0.05, 0) is 19.7 Å². The minimum Gasteiger partial charge on any atom is -0.307 e. The molecule has 4 nitrogen and oxygen atoms in total. The highest BCUT2D eigenvalue weighted by molar-refractivity contribution is 7.85. The average molecular weight is 243 g/mol. The van der Waals surface area contributed by atoms with Gasteiger partial charge in [0, 0.05) is 6.54 Å². The molecular weight excluding hydrogens is 226 g/mol. The molecule has 1 rings (SSSR count). The van der Waals surface area contributed by atoms with Crippen LogP contribution in [0.25, 0.3) is 0 Å². The number of benzene rings is 1. The van der Waals surface area contributed by atoms with Gasteiger partial charge in [-0.25, -0.2) is 0 Å². The molecule has 0 heterocycles. The molecule has 0 amide bonds. The zero-order valence-electron chi connectivity index (χ0n) is 9.59. The van der Waals surface area contributed by atoms with Gasteiger partial charge in [-0.15, -0.1) is 0 Å². The van der Waals surface area contributed by atoms with Crippen LogP contribution in [0.1, 0.15) is 5.56 Å². The second-order valence-electron chi connectivity index (χ2n) is 3.81. The van der Waals surface area contributed by atoms with Crippen LogP contribution < -0.4 is 0 Å². The first-order chi connectivity index (χ1) is 7.49. The summed E-state index contributed by atoms with van der Waals surface area (Å²) in [7, 11) is 0.279. The molecule has 0 saturated heterocycles. The Labute approximate surface area is 97.0 Å². The normalized spacial score (nSPS) is 11.9. The van der Waals surface area contributed by atoms with Crippen molar-refractivity contribution in [2.45, 2.75) is 5.75 Å². The van der Waals surface area contributed by atoms with Crippen LogP contribution in [0.15, 0.2) is 30.3 Å². The van der Waals surface area contributed by atoms with Crippen molar-refractivity contribution >= 4 is 10.1 Å². The molecule has 16 heavy (non-hydrogen) atoms. The molecule has 1 aromatic carbocycles. The predicted molar refractivity (Wildman–Crippen MR) is 63.6 cm³/mol. The topological polar surface area (TPSA) is 46.6 Å². The molecule has 0 aliphatic heterocycles. The van der Waals surface area contributed by atoms with E-state index in [0.717, 1.165) is 5.56 Å². The predicted octanol–water partition coefficient (Wildman–Crippen LogP) is 1.09. The molecule has 0 unspecified atom stereocenters. The van der Waals surface area contributed by atoms with Gasteiger partial charge in [-0.2, -0.15) is 8.42 Å². The Morgan fingerprint density at radius 1 is 1.19 bits per heavy atom. The summed E-state index contributed by atoms with van der Waals surface area (Å²) in [4.78, 5) is 1.87. The fourth-order valence-corrected chi connectivity index (χ4v) is 2.18. The van der Waals surface area contributed by atoms with Crippen molar-refractivity contribution in [3.05, 3.63) is 35.9 Å². The van der Waals surface area contributed by atoms with Crippen molar-refractivity contribution in [3.63, 3.8) is 0 Å². The standard InChI is InChI=1S/C11H17NO3S/c1-12(2)8-9-15-16(13,14)10-11-6-4-3-5-7-11/h3-7H,8-10H2,1-2H3. The fraction of sp³-hybridized carbons (Fsp3) is 0.455. The second-order valence-corrected chi connectivity index (χ2v) is 5.45. The summed E-state index contributed by atoms with van der Waals surface area (Å²) in [5.41, 5.74) is 0.743. The Morgan fingerprint density at radius 2 is 1.81 bits per heavy atom. The van der Waals surface area contributed by atoms with Gasteiger partial charge >= 0.3 is 0 Å². The van der Waals surface area contributed by atoms with Crippen LogP contribution >= 0.6 is 0 Å². The van der Waals surface area contributed by atoms with E-state index in [-0.39, 0.29) is 12.4 Å². The lowest BCUT2D eigenvalue weighted by Crippen LogP contribution is -2.20. The van der Waals surface area contributed by atoms with Crippen molar-refractivity contribution in [1.82, 2.24) is 4.90 Å². The summed E-state index contributed by atoms with van der Waals surface area (Å²) in [6.07, 6.45) is 0. The van der Waals surface area contributed by atoms with Gasteiger partial charge in [0.2, 0.25) is 0 Å². The molecule has 0 saturated carbocycles. The van der Waals surface area contributed by atoms with E-state index >= 15 is 0 Å². The Balaban J connectivity index is 2.46. The molecule has 0 aliphatic rings. The number of hydrogen-bond donors (Lipinski definition) is 0. The van der Waals surface area contributed by atoms with Crippen LogP contribution in [0.3, 0.4) is 0 Å². The zero-order valence-corrected chi connectivity index (χ0v) is 10.4. The van der Waals surface area contributed by atoms with E-state index in [9.17, 15) is 8.42 Å². The van der Waals surface area contributed by atoms with Crippen molar-refractivity contribution in [1.29, 1.82) is 0 Å². The molecule has 0 atom stereocenters. The van der Waals surface area contributed by atoms with E-state index in [1.807, 2.05) is 37.2 Å². The van der Waals surface area contributed by atoms with Crippen LogP contribution in [0.2, 0.25) is 0 Å². The molecule has 0 radical (unpaired) electrons. The van der Waals surface area contributed by atoms with Crippen LogP contribution in [0, 0.1) is 0 Å². The second kappa shape index (κ2) is 5.98. The molecule has 0 aromatic heterocycles. The Morgan fingerprint density at radius 3 is 2.38 bits per heavy atom. The zero-order chi connectivity index (χ0) is 12.0. The monoisotopic (exact) mass is 243 g/mol. The van der Waals surface area contributed by atoms with Crippen molar-refractivity contribution < 1.29 is 12.6 Å². The summed E-state index contributed by atoms with van der Waals surface area (Å²) >= 11 is 0. The average Bonchev–Trinajstić information content (AvgIpc) is 2.17. The molecule has 1 aromatic rings. The quantitative estimate of drug-likeness (QED) is 0.702. The van der Waals surface area contributed by atoms with Gasteiger partial charge in [0.25, 0.3) is 10.1 Å². The summed E-state index contributed by atoms with van der Waals surface area (Å²) in [6, 6.07) is 9.01. The maximum atomic E-state index is 11.5. The largest absolute Gasteiger partial charge is 0.307 e. The van der Waals surface area contributed by atoms with Gasteiger partial charge in [-0.3, -0.25) is 4.18 Å². The summed E-state index contributed by atoms with van der Waals surface area (Å²) in [6.45, 7) is 0.788. The van der Waals surface area contributed by atoms with Crippen molar-refractivity contribution in [2.75, 3.05) is 27.2 Å². The van der Waals surface area contributed by atoms with Gasteiger partial charge in [0.1, 0.15) is 5.75 Å². The molecule has 0 spiro atoms. The number of rotatable bonds is 6. The van der Waals surface area contributed by atoms with Gasteiger partial charge in [0.05, 0.1) is 6.61 Å². The highest BCUT2D eigenvalue weighted by Crippen LogP contribution is 2.06. The smallest absolute Gasteiger partial charge is 0.271 e. The Hall–Kier alpha value is -0.910. The first kappa shape index (κ1) is 13.2. The third-order valence-corrected chi connectivity index (χ3v) is 3.20. The Kier molecular flexibility index (Phi) is 4.92. The maximum Gasteiger partial charge on any atom is 0.271 e. The third-order valence-electron chi connectivity index (χ3n) is 1.99. The molecule has 0 fully saturated rings. The minimum atomic E-state index is -3.46. The van der Waals surface area contributed by atoms with E-state index in [2.05, 4.69) is 0 Å². The van der Waals surface area contributed by atoms with Crippen LogP contribution in [0.5, 0.6) is 0 Å². The van der Waals surface area contributed by atoms with Gasteiger partial charge < -0.3 is 4.90 Å². The lowest BCUT2D eigenvalue weighted by Gasteiger charge is -2.09. The van der Waals surface area contributed by atoms with E-state index in [1.165, 1.54) is 0 Å². The van der Waals surface area contributed by atoms with Crippen LogP contribution in [-0.4, -0.2) is 40.6 Å². The van der Waals surface area contributed by atoms with Crippen molar-refractivity contribution in [3.8, 4) is 0 Å². The van der Waals surface area contributed by atoms with E-state index in [1.54, 1.807) is 12.1 Å². The number of hydrogen-bond acceptors (Lipinski definition) is 4. The van der Waals surface area contributed by atoms with E-state index in [4.69, 9.17) is 4.18 Å². The van der Waals surface area contributed by atoms with E-state index < -0.39 is 10.1 Å². The molecule has 0 N–H and O–H groups in total. The minimum absolute atomic E-state index is 0.0682. The SMILES string of the molecule is CN(C)CCOS(=O)(=O)Cc1ccccc1. The highest BCUT2D eigenvalue weighted by atomic mass is 32.2.